The number of hydrogen-bond acceptors (Lipinski definition) is 3. The predicted molar refractivity (Wildman–Crippen MR) is 74.0 cm³/mol. The minimum Gasteiger partial charge on any atom is -0.481 e. The van der Waals surface area contributed by atoms with Crippen LogP contribution in [0.15, 0.2) is 5.10 Å². The first kappa shape index (κ1) is 15.7. The maximum absolute atomic E-state index is 11.5. The second-order valence-electron chi connectivity index (χ2n) is 5.08. The van der Waals surface area contributed by atoms with Gasteiger partial charge in [0, 0.05) is 18.6 Å². The zero-order valence-electron chi connectivity index (χ0n) is 11.5. The van der Waals surface area contributed by atoms with E-state index in [0.29, 0.717) is 12.8 Å². The first-order valence-electron chi connectivity index (χ1n) is 7.24. The molecule has 1 rings (SSSR count). The summed E-state index contributed by atoms with van der Waals surface area (Å²) in [5.41, 5.74) is 3.72. The molecule has 0 saturated heterocycles. The summed E-state index contributed by atoms with van der Waals surface area (Å²) in [6.45, 7) is 0. The van der Waals surface area contributed by atoms with Gasteiger partial charge < -0.3 is 5.11 Å². The van der Waals surface area contributed by atoms with Crippen molar-refractivity contribution in [3.8, 4) is 0 Å². The number of hydrogen-bond donors (Lipinski definition) is 2. The smallest absolute Gasteiger partial charge is 0.303 e. The van der Waals surface area contributed by atoms with Crippen LogP contribution in [-0.4, -0.2) is 22.7 Å². The van der Waals surface area contributed by atoms with Crippen LogP contribution in [0.3, 0.4) is 0 Å². The lowest BCUT2D eigenvalue weighted by molar-refractivity contribution is -0.137. The number of nitrogens with one attached hydrogen (secondary N) is 1. The highest BCUT2D eigenvalue weighted by molar-refractivity contribution is 5.86. The van der Waals surface area contributed by atoms with Gasteiger partial charge in [-0.05, 0) is 38.5 Å². The number of hydrazone groups is 1. The third-order valence-corrected chi connectivity index (χ3v) is 3.31. The summed E-state index contributed by atoms with van der Waals surface area (Å²) in [4.78, 5) is 21.8. The van der Waals surface area contributed by atoms with Crippen molar-refractivity contribution in [3.63, 3.8) is 0 Å². The van der Waals surface area contributed by atoms with Crippen molar-refractivity contribution in [2.24, 2.45) is 5.10 Å². The lowest BCUT2D eigenvalue weighted by Gasteiger charge is -2.03. The van der Waals surface area contributed by atoms with Crippen LogP contribution in [-0.2, 0) is 9.59 Å². The standard InChI is InChI=1S/C14H24N2O3/c17-13(10-6-3-7-11-14(18)19)16-15-12-8-4-1-2-5-9-12/h1-11H2,(H,16,17)(H,18,19). The number of rotatable bonds is 7. The van der Waals surface area contributed by atoms with Crippen LogP contribution in [0.4, 0.5) is 0 Å². The Bertz CT molecular complexity index is 317. The van der Waals surface area contributed by atoms with Gasteiger partial charge in [-0.15, -0.1) is 0 Å². The van der Waals surface area contributed by atoms with Crippen LogP contribution in [0.1, 0.15) is 70.6 Å². The highest BCUT2D eigenvalue weighted by Gasteiger charge is 2.06. The average molecular weight is 268 g/mol. The molecule has 5 nitrogen and oxygen atoms in total. The van der Waals surface area contributed by atoms with Gasteiger partial charge in [0.25, 0.3) is 0 Å². The topological polar surface area (TPSA) is 78.8 Å². The van der Waals surface area contributed by atoms with E-state index in [2.05, 4.69) is 10.5 Å². The number of nitrogens with zero attached hydrogens (tertiary/aromatic N) is 1. The van der Waals surface area contributed by atoms with E-state index in [-0.39, 0.29) is 12.3 Å². The second kappa shape index (κ2) is 9.53. The first-order chi connectivity index (χ1) is 9.18. The van der Waals surface area contributed by atoms with Gasteiger partial charge in [0.05, 0.1) is 0 Å². The van der Waals surface area contributed by atoms with E-state index in [9.17, 15) is 9.59 Å². The van der Waals surface area contributed by atoms with Crippen molar-refractivity contribution >= 4 is 17.6 Å². The molecule has 1 amide bonds. The van der Waals surface area contributed by atoms with Gasteiger partial charge in [0.1, 0.15) is 0 Å². The highest BCUT2D eigenvalue weighted by Crippen LogP contribution is 2.14. The highest BCUT2D eigenvalue weighted by atomic mass is 16.4. The number of aliphatic carboxylic acids is 1. The second-order valence-corrected chi connectivity index (χ2v) is 5.08. The molecule has 1 saturated carbocycles. The fraction of sp³-hybridized carbons (Fsp3) is 0.786. The largest absolute Gasteiger partial charge is 0.481 e. The normalized spacial score (nSPS) is 15.7. The van der Waals surface area contributed by atoms with Crippen molar-refractivity contribution < 1.29 is 14.7 Å². The molecule has 19 heavy (non-hydrogen) atoms. The van der Waals surface area contributed by atoms with Gasteiger partial charge in [-0.2, -0.15) is 5.10 Å². The average Bonchev–Trinajstić information content (AvgIpc) is 2.64. The van der Waals surface area contributed by atoms with E-state index in [0.717, 1.165) is 31.4 Å². The molecular formula is C14H24N2O3. The van der Waals surface area contributed by atoms with Crippen LogP contribution in [0, 0.1) is 0 Å². The molecule has 0 aromatic rings. The Hall–Kier alpha value is -1.39. The molecule has 0 aromatic carbocycles. The van der Waals surface area contributed by atoms with Gasteiger partial charge in [0.15, 0.2) is 0 Å². The van der Waals surface area contributed by atoms with Crippen molar-refractivity contribution in [1.82, 2.24) is 5.43 Å². The summed E-state index contributed by atoms with van der Waals surface area (Å²) in [6, 6.07) is 0. The van der Waals surface area contributed by atoms with Crippen molar-refractivity contribution in [2.75, 3.05) is 0 Å². The lowest BCUT2D eigenvalue weighted by atomic mass is 10.1. The zero-order chi connectivity index (χ0) is 13.9. The zero-order valence-corrected chi connectivity index (χ0v) is 11.5. The van der Waals surface area contributed by atoms with E-state index < -0.39 is 5.97 Å². The van der Waals surface area contributed by atoms with Gasteiger partial charge in [-0.25, -0.2) is 5.43 Å². The van der Waals surface area contributed by atoms with E-state index in [1.54, 1.807) is 0 Å². The van der Waals surface area contributed by atoms with Gasteiger partial charge in [-0.3, -0.25) is 9.59 Å². The fourth-order valence-electron chi connectivity index (χ4n) is 2.18. The molecule has 2 N–H and O–H groups in total. The van der Waals surface area contributed by atoms with Crippen molar-refractivity contribution in [2.45, 2.75) is 70.6 Å². The Morgan fingerprint density at radius 2 is 1.63 bits per heavy atom. The van der Waals surface area contributed by atoms with Gasteiger partial charge in [-0.1, -0.05) is 19.3 Å². The molecule has 1 aliphatic rings. The molecule has 0 aliphatic heterocycles. The number of carboxylic acids is 1. The molecule has 0 heterocycles. The summed E-state index contributed by atoms with van der Waals surface area (Å²) in [5.74, 6) is -0.837. The predicted octanol–water partition coefficient (Wildman–Crippen LogP) is 2.85. The van der Waals surface area contributed by atoms with Crippen LogP contribution < -0.4 is 5.43 Å². The van der Waals surface area contributed by atoms with Crippen molar-refractivity contribution in [3.05, 3.63) is 0 Å². The van der Waals surface area contributed by atoms with Gasteiger partial charge >= 0.3 is 5.97 Å². The third kappa shape index (κ3) is 8.35. The van der Waals surface area contributed by atoms with E-state index in [1.807, 2.05) is 0 Å². The minimum atomic E-state index is -0.774. The monoisotopic (exact) mass is 268 g/mol. The summed E-state index contributed by atoms with van der Waals surface area (Å²) in [7, 11) is 0. The Kier molecular flexibility index (Phi) is 7.86. The van der Waals surface area contributed by atoms with E-state index in [4.69, 9.17) is 5.11 Å². The number of carbonyl (C=O) groups is 2. The number of unbranched alkanes of at least 4 members (excludes halogenated alkanes) is 2. The first-order valence-corrected chi connectivity index (χ1v) is 7.24. The molecule has 1 fully saturated rings. The third-order valence-electron chi connectivity index (χ3n) is 3.31. The fourth-order valence-corrected chi connectivity index (χ4v) is 2.18. The molecule has 5 heteroatoms. The molecular weight excluding hydrogens is 244 g/mol. The van der Waals surface area contributed by atoms with E-state index >= 15 is 0 Å². The Morgan fingerprint density at radius 3 is 2.26 bits per heavy atom. The summed E-state index contributed by atoms with van der Waals surface area (Å²) < 4.78 is 0. The molecule has 0 spiro atoms. The SMILES string of the molecule is O=C(O)CCCCCC(=O)NN=C1CCCCCC1. The molecule has 0 radical (unpaired) electrons. The molecule has 0 atom stereocenters. The Morgan fingerprint density at radius 1 is 1.00 bits per heavy atom. The van der Waals surface area contributed by atoms with Gasteiger partial charge in [0.2, 0.25) is 5.91 Å². The molecule has 0 unspecified atom stereocenters. The van der Waals surface area contributed by atoms with Crippen molar-refractivity contribution in [1.29, 1.82) is 0 Å². The van der Waals surface area contributed by atoms with Crippen LogP contribution >= 0.6 is 0 Å². The Labute approximate surface area is 114 Å². The molecule has 1 aliphatic carbocycles. The van der Waals surface area contributed by atoms with E-state index in [1.165, 1.54) is 25.7 Å². The summed E-state index contributed by atoms with van der Waals surface area (Å²) >= 11 is 0. The number of carbonyl (C=O) groups excluding carboxylic acids is 1. The summed E-state index contributed by atoms with van der Waals surface area (Å²) in [6.07, 6.45) is 9.61. The summed E-state index contributed by atoms with van der Waals surface area (Å²) in [5, 5.41) is 12.7. The molecule has 108 valence electrons. The van der Waals surface area contributed by atoms with Crippen LogP contribution in [0.2, 0.25) is 0 Å². The van der Waals surface area contributed by atoms with Crippen LogP contribution in [0.5, 0.6) is 0 Å². The lowest BCUT2D eigenvalue weighted by Crippen LogP contribution is -2.19. The van der Waals surface area contributed by atoms with Crippen LogP contribution in [0.25, 0.3) is 0 Å². The number of carboxylic acid groups (broad SMARTS) is 1. The number of amides is 1. The molecule has 0 aromatic heterocycles. The molecule has 0 bridgehead atoms. The quantitative estimate of drug-likeness (QED) is 0.423. The maximum Gasteiger partial charge on any atom is 0.303 e. The maximum atomic E-state index is 11.5. The minimum absolute atomic E-state index is 0.0629. The Balaban J connectivity index is 2.09.